The number of benzene rings is 1. The summed E-state index contributed by atoms with van der Waals surface area (Å²) < 4.78 is 0.683. The zero-order chi connectivity index (χ0) is 21.2. The van der Waals surface area contributed by atoms with E-state index in [-0.39, 0.29) is 29.6 Å². The molecule has 0 bridgehead atoms. The number of ketones is 1. The van der Waals surface area contributed by atoms with Crippen LogP contribution < -0.4 is 5.73 Å². The van der Waals surface area contributed by atoms with Crippen LogP contribution in [0.5, 0.6) is 5.75 Å². The Bertz CT molecular complexity index is 876. The summed E-state index contributed by atoms with van der Waals surface area (Å²) in [6.45, 7) is 2.88. The van der Waals surface area contributed by atoms with E-state index in [1.807, 2.05) is 13.0 Å². The quantitative estimate of drug-likeness (QED) is 0.672. The van der Waals surface area contributed by atoms with Crippen molar-refractivity contribution >= 4 is 11.7 Å². The number of rotatable bonds is 4. The van der Waals surface area contributed by atoms with Gasteiger partial charge in [0.2, 0.25) is 0 Å². The monoisotopic (exact) mass is 401 g/mol. The van der Waals surface area contributed by atoms with E-state index in [1.165, 1.54) is 19.3 Å². The van der Waals surface area contributed by atoms with Crippen molar-refractivity contribution in [1.29, 1.82) is 0 Å². The van der Waals surface area contributed by atoms with Gasteiger partial charge in [0.1, 0.15) is 23.2 Å². The van der Waals surface area contributed by atoms with Crippen LogP contribution in [0, 0.1) is 5.92 Å². The van der Waals surface area contributed by atoms with Crippen LogP contribution in [0.25, 0.3) is 0 Å². The molecule has 158 valence electrons. The van der Waals surface area contributed by atoms with Crippen LogP contribution in [0.4, 0.5) is 0 Å². The predicted molar refractivity (Wildman–Crippen MR) is 110 cm³/mol. The minimum absolute atomic E-state index is 0.0482. The van der Waals surface area contributed by atoms with Crippen LogP contribution in [-0.2, 0) is 16.6 Å². The minimum Gasteiger partial charge on any atom is -0.507 e. The molecule has 3 aliphatic carbocycles. The molecule has 1 aromatic rings. The standard InChI is InChI=1S/C23H32N2O4/c1-22-12-16(26)9-10-23(22,29)18(25(2,3)13-14-5-4-6-14)11-15-7-8-17(21(24)28)20(27)19(15)22/h7-8,14,18,29H,4-6,9-13H2,1-3H3,(H2-,24,27,28)/p+1/t18-,22?,23-/m1/s1. The van der Waals surface area contributed by atoms with Gasteiger partial charge >= 0.3 is 0 Å². The normalized spacial score (nSPS) is 32.3. The fourth-order valence-electron chi connectivity index (χ4n) is 6.37. The highest BCUT2D eigenvalue weighted by molar-refractivity contribution is 5.96. The van der Waals surface area contributed by atoms with Gasteiger partial charge in [-0.05, 0) is 30.9 Å². The molecule has 1 unspecified atom stereocenters. The first-order valence-electron chi connectivity index (χ1n) is 10.7. The number of likely N-dealkylation sites (N-methyl/N-ethyl adjacent to an activating group) is 1. The highest BCUT2D eigenvalue weighted by atomic mass is 16.3. The van der Waals surface area contributed by atoms with Gasteiger partial charge in [0, 0.05) is 36.2 Å². The van der Waals surface area contributed by atoms with E-state index in [0.717, 1.165) is 12.1 Å². The maximum atomic E-state index is 12.5. The molecule has 4 N–H and O–H groups in total. The SMILES string of the molecule is CC12CC(=O)CC[C@@]1(O)[C@H]([N+](C)(C)CC1CCC1)Cc1ccc(C(N)=O)c(O)c12. The van der Waals surface area contributed by atoms with Crippen LogP contribution in [0.15, 0.2) is 12.1 Å². The Hall–Kier alpha value is -1.92. The summed E-state index contributed by atoms with van der Waals surface area (Å²) >= 11 is 0. The van der Waals surface area contributed by atoms with E-state index in [2.05, 4.69) is 14.1 Å². The van der Waals surface area contributed by atoms with Crippen LogP contribution >= 0.6 is 0 Å². The molecule has 0 aliphatic heterocycles. The Labute approximate surface area is 172 Å². The van der Waals surface area contributed by atoms with Crippen molar-refractivity contribution in [3.05, 3.63) is 28.8 Å². The number of primary amides is 1. The third-order valence-corrected chi connectivity index (χ3v) is 8.13. The van der Waals surface area contributed by atoms with Crippen LogP contribution in [0.2, 0.25) is 0 Å². The first-order chi connectivity index (χ1) is 13.5. The number of hydrogen-bond donors (Lipinski definition) is 3. The van der Waals surface area contributed by atoms with Crippen molar-refractivity contribution in [2.45, 2.75) is 68.9 Å². The first-order valence-corrected chi connectivity index (χ1v) is 10.7. The fourth-order valence-corrected chi connectivity index (χ4v) is 6.37. The number of phenols is 1. The van der Waals surface area contributed by atoms with Crippen LogP contribution in [-0.4, -0.2) is 58.7 Å². The second-order valence-electron chi connectivity index (χ2n) is 10.3. The summed E-state index contributed by atoms with van der Waals surface area (Å²) in [6, 6.07) is 3.32. The molecule has 1 aromatic carbocycles. The highest BCUT2D eigenvalue weighted by Gasteiger charge is 2.64. The number of aromatic hydroxyl groups is 1. The number of hydrogen-bond acceptors (Lipinski definition) is 4. The Balaban J connectivity index is 1.87. The van der Waals surface area contributed by atoms with Crippen LogP contribution in [0.3, 0.4) is 0 Å². The number of Topliss-reactive ketones (excluding diaryl/α,β-unsaturated/α-hetero) is 1. The molecular formula is C23H33N2O4+. The van der Waals surface area contributed by atoms with Crippen molar-refractivity contribution < 1.29 is 24.3 Å². The number of amides is 1. The lowest BCUT2D eigenvalue weighted by Gasteiger charge is -2.59. The molecule has 6 nitrogen and oxygen atoms in total. The smallest absolute Gasteiger partial charge is 0.252 e. The molecule has 2 saturated carbocycles. The maximum Gasteiger partial charge on any atom is 0.252 e. The summed E-state index contributed by atoms with van der Waals surface area (Å²) in [5.74, 6) is -0.120. The Morgan fingerprint density at radius 2 is 2.00 bits per heavy atom. The third-order valence-electron chi connectivity index (χ3n) is 8.13. The fraction of sp³-hybridized carbons (Fsp3) is 0.652. The van der Waals surface area contributed by atoms with E-state index in [1.54, 1.807) is 6.07 Å². The van der Waals surface area contributed by atoms with Gasteiger partial charge in [0.25, 0.3) is 5.91 Å². The van der Waals surface area contributed by atoms with Crippen molar-refractivity contribution in [1.82, 2.24) is 0 Å². The predicted octanol–water partition coefficient (Wildman–Crippen LogP) is 2.03. The van der Waals surface area contributed by atoms with Crippen molar-refractivity contribution in [3.8, 4) is 5.75 Å². The van der Waals surface area contributed by atoms with Crippen molar-refractivity contribution in [3.63, 3.8) is 0 Å². The topological polar surface area (TPSA) is 101 Å². The van der Waals surface area contributed by atoms with Gasteiger partial charge in [0.05, 0.1) is 26.2 Å². The molecule has 29 heavy (non-hydrogen) atoms. The molecule has 4 rings (SSSR count). The maximum absolute atomic E-state index is 12.5. The van der Waals surface area contributed by atoms with Crippen molar-refractivity contribution in [2.24, 2.45) is 11.7 Å². The Kier molecular flexibility index (Phi) is 4.59. The van der Waals surface area contributed by atoms with Crippen molar-refractivity contribution in [2.75, 3.05) is 20.6 Å². The minimum atomic E-state index is -1.14. The highest BCUT2D eigenvalue weighted by Crippen LogP contribution is 2.56. The van der Waals surface area contributed by atoms with Gasteiger partial charge in [-0.25, -0.2) is 0 Å². The zero-order valence-corrected chi connectivity index (χ0v) is 17.7. The molecule has 0 heterocycles. The van der Waals surface area contributed by atoms with Gasteiger partial charge in [0.15, 0.2) is 0 Å². The molecule has 2 fully saturated rings. The van der Waals surface area contributed by atoms with E-state index < -0.39 is 16.9 Å². The summed E-state index contributed by atoms with van der Waals surface area (Å²) in [6.07, 6.45) is 5.23. The van der Waals surface area contributed by atoms with Gasteiger partial charge in [-0.15, -0.1) is 0 Å². The lowest BCUT2D eigenvalue weighted by molar-refractivity contribution is -0.927. The van der Waals surface area contributed by atoms with Gasteiger partial charge in [-0.2, -0.15) is 0 Å². The Morgan fingerprint density at radius 3 is 2.59 bits per heavy atom. The van der Waals surface area contributed by atoms with E-state index in [4.69, 9.17) is 5.73 Å². The molecule has 6 heteroatoms. The molecule has 3 aliphatic rings. The molecule has 0 saturated heterocycles. The molecule has 1 amide bonds. The second kappa shape index (κ2) is 6.54. The number of quaternary nitrogens is 1. The van der Waals surface area contributed by atoms with Gasteiger partial charge in [-0.3, -0.25) is 9.59 Å². The second-order valence-corrected chi connectivity index (χ2v) is 10.3. The van der Waals surface area contributed by atoms with Gasteiger partial charge < -0.3 is 20.4 Å². The lowest BCUT2D eigenvalue weighted by atomic mass is 9.52. The summed E-state index contributed by atoms with van der Waals surface area (Å²) in [5, 5.41) is 23.1. The third kappa shape index (κ3) is 2.91. The Morgan fingerprint density at radius 1 is 1.31 bits per heavy atom. The largest absolute Gasteiger partial charge is 0.507 e. The number of nitrogens with two attached hydrogens (primary N) is 1. The number of aliphatic hydroxyl groups is 1. The zero-order valence-electron chi connectivity index (χ0n) is 17.7. The molecule has 0 spiro atoms. The molecule has 0 radical (unpaired) electrons. The number of nitrogens with zero attached hydrogens (tertiary/aromatic N) is 1. The average molecular weight is 402 g/mol. The van der Waals surface area contributed by atoms with E-state index in [0.29, 0.717) is 35.2 Å². The number of fused-ring (bicyclic) bond motifs is 3. The number of carbonyl (C=O) groups excluding carboxylic acids is 2. The van der Waals surface area contributed by atoms with Crippen LogP contribution in [0.1, 0.15) is 66.9 Å². The van der Waals surface area contributed by atoms with Gasteiger partial charge in [-0.1, -0.05) is 19.4 Å². The lowest BCUT2D eigenvalue weighted by Crippen LogP contribution is -2.72. The van der Waals surface area contributed by atoms with E-state index in [9.17, 15) is 19.8 Å². The van der Waals surface area contributed by atoms with E-state index >= 15 is 0 Å². The summed E-state index contributed by atoms with van der Waals surface area (Å²) in [7, 11) is 4.36. The molecule has 3 atom stereocenters. The molecular weight excluding hydrogens is 368 g/mol. The summed E-state index contributed by atoms with van der Waals surface area (Å²) in [5.41, 5.74) is 4.85. The molecule has 0 aromatic heterocycles. The number of carbonyl (C=O) groups is 2. The average Bonchev–Trinajstić information content (AvgIpc) is 2.58. The summed E-state index contributed by atoms with van der Waals surface area (Å²) in [4.78, 5) is 24.3. The first kappa shape index (κ1) is 20.4.